The first-order chi connectivity index (χ1) is 13.0. The lowest BCUT2D eigenvalue weighted by Gasteiger charge is -2.23. The van der Waals surface area contributed by atoms with E-state index in [0.29, 0.717) is 28.4 Å². The third-order valence-electron chi connectivity index (χ3n) is 3.78. The summed E-state index contributed by atoms with van der Waals surface area (Å²) in [7, 11) is 0. The van der Waals surface area contributed by atoms with Gasteiger partial charge in [0.15, 0.2) is 0 Å². The molecule has 0 unspecified atom stereocenters. The van der Waals surface area contributed by atoms with Gasteiger partial charge in [-0.2, -0.15) is 0 Å². The van der Waals surface area contributed by atoms with E-state index < -0.39 is 5.41 Å². The molecule has 2 rings (SSSR count). The third kappa shape index (κ3) is 5.18. The van der Waals surface area contributed by atoms with Crippen LogP contribution in [0.2, 0.25) is 0 Å². The Balaban J connectivity index is 2.72. The molecule has 0 fully saturated rings. The van der Waals surface area contributed by atoms with Crippen LogP contribution in [-0.4, -0.2) is 23.3 Å². The number of hydrogen-bond donors (Lipinski definition) is 1. The second-order valence-corrected chi connectivity index (χ2v) is 8.25. The standard InChI is InChI=1S/C23H30O5/c1-14(2)26-17-11-8-10-16(24)20(17)21-18(27-15(3)4)12-9-13-19(21)28-22(25)23(5,6)7/h8-15,24H,1-7H3. The van der Waals surface area contributed by atoms with Crippen LogP contribution < -0.4 is 14.2 Å². The highest BCUT2D eigenvalue weighted by Gasteiger charge is 2.28. The molecule has 0 bridgehead atoms. The van der Waals surface area contributed by atoms with Crippen molar-refractivity contribution in [2.45, 2.75) is 60.7 Å². The van der Waals surface area contributed by atoms with Gasteiger partial charge in [-0.3, -0.25) is 4.79 Å². The summed E-state index contributed by atoms with van der Waals surface area (Å²) in [5.41, 5.74) is 0.244. The number of carbonyl (C=O) groups is 1. The van der Waals surface area contributed by atoms with Gasteiger partial charge >= 0.3 is 5.97 Å². The number of phenols is 1. The molecule has 0 saturated carbocycles. The Kier molecular flexibility index (Phi) is 6.60. The van der Waals surface area contributed by atoms with Crippen molar-refractivity contribution in [2.24, 2.45) is 5.41 Å². The Labute approximate surface area is 167 Å². The molecule has 152 valence electrons. The fraction of sp³-hybridized carbons (Fsp3) is 0.435. The Morgan fingerprint density at radius 3 is 1.79 bits per heavy atom. The van der Waals surface area contributed by atoms with Crippen molar-refractivity contribution in [3.63, 3.8) is 0 Å². The maximum atomic E-state index is 12.5. The third-order valence-corrected chi connectivity index (χ3v) is 3.78. The van der Waals surface area contributed by atoms with Crippen molar-refractivity contribution in [2.75, 3.05) is 0 Å². The monoisotopic (exact) mass is 386 g/mol. The van der Waals surface area contributed by atoms with Crippen LogP contribution in [0.15, 0.2) is 36.4 Å². The van der Waals surface area contributed by atoms with Gasteiger partial charge in [-0.25, -0.2) is 0 Å². The number of carbonyl (C=O) groups excluding carboxylic acids is 1. The minimum Gasteiger partial charge on any atom is -0.507 e. The number of hydrogen-bond acceptors (Lipinski definition) is 5. The molecule has 0 aromatic heterocycles. The molecule has 1 N–H and O–H groups in total. The van der Waals surface area contributed by atoms with Gasteiger partial charge in [0, 0.05) is 0 Å². The Bertz CT molecular complexity index is 831. The Morgan fingerprint density at radius 2 is 1.29 bits per heavy atom. The molecule has 0 aliphatic heterocycles. The van der Waals surface area contributed by atoms with Crippen LogP contribution in [0.4, 0.5) is 0 Å². The van der Waals surface area contributed by atoms with Gasteiger partial charge in [0.25, 0.3) is 0 Å². The molecular weight excluding hydrogens is 356 g/mol. The van der Waals surface area contributed by atoms with Crippen molar-refractivity contribution >= 4 is 5.97 Å². The summed E-state index contributed by atoms with van der Waals surface area (Å²) in [6.45, 7) is 13.0. The molecule has 28 heavy (non-hydrogen) atoms. The zero-order valence-electron chi connectivity index (χ0n) is 17.7. The average Bonchev–Trinajstić information content (AvgIpc) is 2.54. The fourth-order valence-electron chi connectivity index (χ4n) is 2.57. The SMILES string of the molecule is CC(C)Oc1cccc(O)c1-c1c(OC(=O)C(C)(C)C)cccc1OC(C)C. The minimum atomic E-state index is -0.678. The predicted octanol–water partition coefficient (Wildman–Crippen LogP) is 5.59. The van der Waals surface area contributed by atoms with E-state index in [1.165, 1.54) is 0 Å². The molecule has 2 aromatic carbocycles. The van der Waals surface area contributed by atoms with Gasteiger partial charge in [-0.1, -0.05) is 12.1 Å². The predicted molar refractivity (Wildman–Crippen MR) is 110 cm³/mol. The van der Waals surface area contributed by atoms with Gasteiger partial charge in [-0.05, 0) is 72.7 Å². The first-order valence-electron chi connectivity index (χ1n) is 9.51. The first kappa shape index (κ1) is 21.6. The summed E-state index contributed by atoms with van der Waals surface area (Å²) in [4.78, 5) is 12.5. The number of phenolic OH excluding ortho intramolecular Hbond substituents is 1. The second kappa shape index (κ2) is 8.55. The smallest absolute Gasteiger partial charge is 0.316 e. The summed E-state index contributed by atoms with van der Waals surface area (Å²) >= 11 is 0. The van der Waals surface area contributed by atoms with Crippen molar-refractivity contribution < 1.29 is 24.1 Å². The lowest BCUT2D eigenvalue weighted by Crippen LogP contribution is -2.25. The number of ether oxygens (including phenoxy) is 3. The number of aromatic hydroxyl groups is 1. The van der Waals surface area contributed by atoms with Gasteiger partial charge < -0.3 is 19.3 Å². The summed E-state index contributed by atoms with van der Waals surface area (Å²) in [5.74, 6) is 0.948. The van der Waals surface area contributed by atoms with E-state index in [2.05, 4.69) is 0 Å². The lowest BCUT2D eigenvalue weighted by atomic mass is 9.97. The van der Waals surface area contributed by atoms with Crippen molar-refractivity contribution in [3.05, 3.63) is 36.4 Å². The molecule has 0 saturated heterocycles. The first-order valence-corrected chi connectivity index (χ1v) is 9.51. The summed E-state index contributed by atoms with van der Waals surface area (Å²) in [6, 6.07) is 10.3. The summed E-state index contributed by atoms with van der Waals surface area (Å²) in [6.07, 6.45) is -0.202. The van der Waals surface area contributed by atoms with Crippen LogP contribution in [0, 0.1) is 5.41 Å². The maximum Gasteiger partial charge on any atom is 0.316 e. The zero-order chi connectivity index (χ0) is 21.1. The molecule has 0 heterocycles. The van der Waals surface area contributed by atoms with E-state index in [1.807, 2.05) is 27.7 Å². The average molecular weight is 386 g/mol. The normalized spacial score (nSPS) is 11.6. The van der Waals surface area contributed by atoms with Crippen LogP contribution >= 0.6 is 0 Å². The van der Waals surface area contributed by atoms with Crippen molar-refractivity contribution in [1.29, 1.82) is 0 Å². The van der Waals surface area contributed by atoms with Gasteiger partial charge in [-0.15, -0.1) is 0 Å². The van der Waals surface area contributed by atoms with E-state index in [4.69, 9.17) is 14.2 Å². The fourth-order valence-corrected chi connectivity index (χ4v) is 2.57. The highest BCUT2D eigenvalue weighted by molar-refractivity contribution is 5.88. The van der Waals surface area contributed by atoms with Crippen molar-refractivity contribution in [3.8, 4) is 34.1 Å². The summed E-state index contributed by atoms with van der Waals surface area (Å²) < 4.78 is 17.6. The molecule has 0 aliphatic carbocycles. The maximum absolute atomic E-state index is 12.5. The van der Waals surface area contributed by atoms with Crippen LogP contribution in [0.5, 0.6) is 23.0 Å². The quantitative estimate of drug-likeness (QED) is 0.518. The van der Waals surface area contributed by atoms with Crippen LogP contribution in [-0.2, 0) is 4.79 Å². The molecule has 0 amide bonds. The van der Waals surface area contributed by atoms with Gasteiger partial charge in [0.1, 0.15) is 23.0 Å². The molecule has 0 spiro atoms. The highest BCUT2D eigenvalue weighted by atomic mass is 16.5. The summed E-state index contributed by atoms with van der Waals surface area (Å²) in [5, 5.41) is 10.7. The van der Waals surface area contributed by atoms with Gasteiger partial charge in [0.2, 0.25) is 0 Å². The number of rotatable bonds is 6. The molecular formula is C23H30O5. The van der Waals surface area contributed by atoms with Gasteiger partial charge in [0.05, 0.1) is 28.7 Å². The highest BCUT2D eigenvalue weighted by Crippen LogP contribution is 2.48. The van der Waals surface area contributed by atoms with Crippen LogP contribution in [0.3, 0.4) is 0 Å². The second-order valence-electron chi connectivity index (χ2n) is 8.25. The zero-order valence-corrected chi connectivity index (χ0v) is 17.7. The Morgan fingerprint density at radius 1 is 0.821 bits per heavy atom. The Hall–Kier alpha value is -2.69. The molecule has 0 aliphatic rings. The van der Waals surface area contributed by atoms with E-state index in [9.17, 15) is 9.90 Å². The molecule has 5 nitrogen and oxygen atoms in total. The van der Waals surface area contributed by atoms with E-state index in [1.54, 1.807) is 57.2 Å². The lowest BCUT2D eigenvalue weighted by molar-refractivity contribution is -0.142. The molecule has 0 radical (unpaired) electrons. The van der Waals surface area contributed by atoms with Crippen molar-refractivity contribution in [1.82, 2.24) is 0 Å². The topological polar surface area (TPSA) is 65.0 Å². The number of benzene rings is 2. The van der Waals surface area contributed by atoms with E-state index in [-0.39, 0.29) is 23.9 Å². The largest absolute Gasteiger partial charge is 0.507 e. The molecule has 0 atom stereocenters. The van der Waals surface area contributed by atoms with E-state index in [0.717, 1.165) is 0 Å². The molecule has 5 heteroatoms. The molecule has 2 aromatic rings. The minimum absolute atomic E-state index is 0.0195. The van der Waals surface area contributed by atoms with Crippen LogP contribution in [0.25, 0.3) is 11.1 Å². The van der Waals surface area contributed by atoms with Crippen LogP contribution in [0.1, 0.15) is 48.5 Å². The van der Waals surface area contributed by atoms with E-state index >= 15 is 0 Å². The number of esters is 1.